The zero-order chi connectivity index (χ0) is 45.5. The monoisotopic (exact) mass is 910 g/mol. The molecule has 17 heteroatoms. The summed E-state index contributed by atoms with van der Waals surface area (Å²) in [4.78, 5) is 50.5. The van der Waals surface area contributed by atoms with Crippen LogP contribution in [-0.2, 0) is 16.0 Å². The Labute approximate surface area is 383 Å². The first kappa shape index (κ1) is 42.2. The highest BCUT2D eigenvalue weighted by Gasteiger charge is 2.40. The molecule has 8 heterocycles. The van der Waals surface area contributed by atoms with Crippen LogP contribution >= 0.6 is 22.7 Å². The summed E-state index contributed by atoms with van der Waals surface area (Å²) in [6, 6.07) is 12.4. The predicted molar refractivity (Wildman–Crippen MR) is 258 cm³/mol. The molecule has 2 aromatic carbocycles. The molecule has 334 valence electrons. The number of ether oxygens (including phenoxy) is 3. The van der Waals surface area contributed by atoms with E-state index in [2.05, 4.69) is 80.3 Å². The fourth-order valence-corrected chi connectivity index (χ4v) is 12.0. The van der Waals surface area contributed by atoms with E-state index in [9.17, 15) is 9.59 Å². The van der Waals surface area contributed by atoms with Crippen molar-refractivity contribution in [2.75, 3.05) is 45.3 Å². The number of nitrogen functional groups attached to an aromatic ring is 2. The standard InChI is InChI=1S/C48H50N10O5S2/c1-8-38(59)55-10-9-29(19-55)56-21-32(39-43(49)51-23-53-45(39)56)37-17-28-13-26(15-35(62-7)42(28)65-37)14-30-18-31(20-58(30)47(60)63-48(3,4)5)57-22-33(40-44(50)52-24-54-46(40)57)36-16-27-11-25(2)12-34(61-6)41(27)64-36/h8,11-13,15-17,21-24,29-31H,1,9-10,14,18-20H2,2-7H3,(H2,49,51,53)(H2,50,52,54). The minimum absolute atomic E-state index is 0.0216. The summed E-state index contributed by atoms with van der Waals surface area (Å²) in [6.07, 6.45) is 10.1. The van der Waals surface area contributed by atoms with Crippen molar-refractivity contribution in [1.82, 2.24) is 38.9 Å². The van der Waals surface area contributed by atoms with E-state index in [0.717, 1.165) is 86.5 Å². The van der Waals surface area contributed by atoms with Gasteiger partial charge in [0.15, 0.2) is 0 Å². The normalized spacial score (nSPS) is 17.8. The minimum atomic E-state index is -0.692. The molecule has 10 rings (SSSR count). The van der Waals surface area contributed by atoms with Crippen molar-refractivity contribution < 1.29 is 23.8 Å². The van der Waals surface area contributed by atoms with Gasteiger partial charge in [-0.25, -0.2) is 24.7 Å². The first-order chi connectivity index (χ1) is 31.2. The Morgan fingerprint density at radius 2 is 1.40 bits per heavy atom. The fraction of sp³-hybridized carbons (Fsp3) is 0.333. The molecule has 4 N–H and O–H groups in total. The lowest BCUT2D eigenvalue weighted by Gasteiger charge is -2.28. The number of amides is 2. The van der Waals surface area contributed by atoms with Crippen molar-refractivity contribution in [2.45, 2.75) is 70.7 Å². The number of anilines is 2. The summed E-state index contributed by atoms with van der Waals surface area (Å²) in [5.41, 5.74) is 17.9. The largest absolute Gasteiger partial charge is 0.495 e. The number of aryl methyl sites for hydroxylation is 1. The molecule has 0 saturated carbocycles. The number of likely N-dealkylation sites (tertiary alicyclic amines) is 2. The lowest BCUT2D eigenvalue weighted by Crippen LogP contribution is -2.40. The predicted octanol–water partition coefficient (Wildman–Crippen LogP) is 9.18. The third-order valence-corrected chi connectivity index (χ3v) is 14.9. The van der Waals surface area contributed by atoms with Gasteiger partial charge in [0.1, 0.15) is 52.7 Å². The number of carbonyl (C=O) groups is 2. The zero-order valence-electron chi connectivity index (χ0n) is 37.1. The Morgan fingerprint density at radius 3 is 1.98 bits per heavy atom. The van der Waals surface area contributed by atoms with E-state index in [-0.39, 0.29) is 30.1 Å². The van der Waals surface area contributed by atoms with E-state index in [0.29, 0.717) is 49.8 Å². The molecule has 65 heavy (non-hydrogen) atoms. The Bertz CT molecular complexity index is 3220. The Morgan fingerprint density at radius 1 is 0.815 bits per heavy atom. The number of rotatable bonds is 9. The maximum atomic E-state index is 14.1. The van der Waals surface area contributed by atoms with Crippen molar-refractivity contribution in [3.05, 3.63) is 85.2 Å². The third kappa shape index (κ3) is 7.45. The number of nitrogens with two attached hydrogens (primary N) is 2. The first-order valence-corrected chi connectivity index (χ1v) is 23.2. The van der Waals surface area contributed by atoms with Crippen LogP contribution in [0.5, 0.6) is 11.5 Å². The lowest BCUT2D eigenvalue weighted by atomic mass is 10.0. The van der Waals surface area contributed by atoms with Gasteiger partial charge >= 0.3 is 6.09 Å². The molecule has 2 saturated heterocycles. The average Bonchev–Trinajstić information content (AvgIpc) is 4.13. The molecule has 0 bridgehead atoms. The summed E-state index contributed by atoms with van der Waals surface area (Å²) in [5.74, 6) is 2.26. The van der Waals surface area contributed by atoms with Crippen LogP contribution in [0.25, 0.3) is 63.1 Å². The van der Waals surface area contributed by atoms with E-state index < -0.39 is 5.60 Å². The van der Waals surface area contributed by atoms with Gasteiger partial charge in [-0.15, -0.1) is 22.7 Å². The van der Waals surface area contributed by atoms with Gasteiger partial charge in [-0.05, 0) is 105 Å². The number of hydrogen-bond donors (Lipinski definition) is 2. The molecule has 2 fully saturated rings. The SMILES string of the molecule is C=CC(=O)N1CCC(n2cc(-c3cc4cc(CC5CC(n6cc(-c7cc8cc(C)cc(OC)c8s7)c7c(N)ncnc76)CN5C(=O)OC(C)(C)C)cc(OC)c4s3)c3c(N)ncnc32)C1. The summed E-state index contributed by atoms with van der Waals surface area (Å²) in [5, 5.41) is 3.63. The van der Waals surface area contributed by atoms with Gasteiger partial charge in [0.2, 0.25) is 5.91 Å². The molecular weight excluding hydrogens is 861 g/mol. The molecule has 2 amide bonds. The molecule has 0 radical (unpaired) electrons. The van der Waals surface area contributed by atoms with Crippen molar-refractivity contribution in [3.63, 3.8) is 0 Å². The molecule has 0 spiro atoms. The number of aromatic nitrogens is 6. The van der Waals surface area contributed by atoms with Crippen LogP contribution in [0, 0.1) is 6.92 Å². The van der Waals surface area contributed by atoms with E-state index >= 15 is 0 Å². The summed E-state index contributed by atoms with van der Waals surface area (Å²) in [6.45, 7) is 13.0. The van der Waals surface area contributed by atoms with Crippen LogP contribution in [-0.4, -0.2) is 96.4 Å². The maximum absolute atomic E-state index is 14.1. The van der Waals surface area contributed by atoms with Gasteiger partial charge in [-0.1, -0.05) is 12.6 Å². The zero-order valence-corrected chi connectivity index (χ0v) is 38.8. The lowest BCUT2D eigenvalue weighted by molar-refractivity contribution is -0.125. The number of nitrogens with zero attached hydrogens (tertiary/aromatic N) is 8. The highest BCUT2D eigenvalue weighted by molar-refractivity contribution is 7.23. The van der Waals surface area contributed by atoms with E-state index in [1.165, 1.54) is 18.7 Å². The Balaban J connectivity index is 1.01. The molecule has 2 aliphatic rings. The van der Waals surface area contributed by atoms with Crippen LogP contribution in [0.1, 0.15) is 56.8 Å². The highest BCUT2D eigenvalue weighted by Crippen LogP contribution is 2.47. The molecule has 8 aromatic rings. The maximum Gasteiger partial charge on any atom is 0.410 e. The average molecular weight is 911 g/mol. The highest BCUT2D eigenvalue weighted by atomic mass is 32.1. The second-order valence-electron chi connectivity index (χ2n) is 17.9. The number of benzene rings is 2. The van der Waals surface area contributed by atoms with Crippen molar-refractivity contribution in [1.29, 1.82) is 0 Å². The van der Waals surface area contributed by atoms with Gasteiger partial charge in [-0.3, -0.25) is 4.79 Å². The van der Waals surface area contributed by atoms with Crippen molar-refractivity contribution in [2.24, 2.45) is 0 Å². The number of carbonyl (C=O) groups excluding carboxylic acids is 2. The van der Waals surface area contributed by atoms with Crippen LogP contribution in [0.3, 0.4) is 0 Å². The minimum Gasteiger partial charge on any atom is -0.495 e. The molecule has 3 atom stereocenters. The van der Waals surface area contributed by atoms with Gasteiger partial charge in [0, 0.05) is 59.0 Å². The van der Waals surface area contributed by atoms with E-state index in [1.54, 1.807) is 36.9 Å². The van der Waals surface area contributed by atoms with Crippen LogP contribution < -0.4 is 20.9 Å². The molecule has 2 aliphatic heterocycles. The van der Waals surface area contributed by atoms with Gasteiger partial charge in [0.05, 0.1) is 46.5 Å². The first-order valence-electron chi connectivity index (χ1n) is 21.5. The van der Waals surface area contributed by atoms with E-state index in [1.807, 2.05) is 36.6 Å². The van der Waals surface area contributed by atoms with Gasteiger partial charge in [-0.2, -0.15) is 0 Å². The van der Waals surface area contributed by atoms with Crippen LogP contribution in [0.15, 0.2) is 74.1 Å². The quantitative estimate of drug-likeness (QED) is 0.132. The summed E-state index contributed by atoms with van der Waals surface area (Å²) in [7, 11) is 3.37. The molecular formula is C48H50N10O5S2. The van der Waals surface area contributed by atoms with Gasteiger partial charge < -0.3 is 44.6 Å². The van der Waals surface area contributed by atoms with Gasteiger partial charge in [0.25, 0.3) is 0 Å². The Hall–Kier alpha value is -6.72. The van der Waals surface area contributed by atoms with Crippen LogP contribution in [0.4, 0.5) is 16.4 Å². The molecule has 0 aliphatic carbocycles. The number of fused-ring (bicyclic) bond motifs is 4. The number of hydrogen-bond acceptors (Lipinski definition) is 13. The smallest absolute Gasteiger partial charge is 0.410 e. The summed E-state index contributed by atoms with van der Waals surface area (Å²) < 4.78 is 24.2. The fourth-order valence-electron chi connectivity index (χ4n) is 9.68. The van der Waals surface area contributed by atoms with E-state index in [4.69, 9.17) is 30.7 Å². The molecule has 3 unspecified atom stereocenters. The van der Waals surface area contributed by atoms with Crippen molar-refractivity contribution >= 4 is 88.5 Å². The second kappa shape index (κ2) is 16.1. The third-order valence-electron chi connectivity index (χ3n) is 12.5. The van der Waals surface area contributed by atoms with Crippen molar-refractivity contribution in [3.8, 4) is 32.4 Å². The topological polar surface area (TPSA) is 182 Å². The van der Waals surface area contributed by atoms with Crippen LogP contribution in [0.2, 0.25) is 0 Å². The summed E-state index contributed by atoms with van der Waals surface area (Å²) >= 11 is 3.26. The second-order valence-corrected chi connectivity index (χ2v) is 20.1. The number of methoxy groups -OCH3 is 2. The Kier molecular flexibility index (Phi) is 10.4. The molecule has 6 aromatic heterocycles. The molecule has 15 nitrogen and oxygen atoms in total. The number of thiophene rings is 2.